The molecule has 0 aliphatic heterocycles. The Labute approximate surface area is 149 Å². The molecule has 0 fully saturated rings. The Morgan fingerprint density at radius 3 is 2.54 bits per heavy atom. The van der Waals surface area contributed by atoms with Crippen molar-refractivity contribution in [2.45, 2.75) is 6.54 Å². The molecule has 0 radical (unpaired) electrons. The quantitative estimate of drug-likeness (QED) is 0.598. The summed E-state index contributed by atoms with van der Waals surface area (Å²) < 4.78 is 1.73. The maximum Gasteiger partial charge on any atom is 0.277 e. The van der Waals surface area contributed by atoms with Gasteiger partial charge < -0.3 is 5.32 Å². The number of para-hydroxylation sites is 1. The lowest BCUT2D eigenvalue weighted by molar-refractivity contribution is 0.102. The molecule has 0 aliphatic carbocycles. The van der Waals surface area contributed by atoms with Crippen molar-refractivity contribution in [1.29, 1.82) is 0 Å². The molecule has 2 aromatic heterocycles. The molecular weight excluding hydrogens is 330 g/mol. The lowest BCUT2D eigenvalue weighted by Crippen LogP contribution is -2.13. The number of carbonyl (C=O) groups is 1. The third-order valence-corrected chi connectivity index (χ3v) is 3.73. The summed E-state index contributed by atoms with van der Waals surface area (Å²) in [5, 5.41) is 15.2. The van der Waals surface area contributed by atoms with E-state index in [2.05, 4.69) is 25.6 Å². The Morgan fingerprint density at radius 2 is 1.81 bits per heavy atom. The van der Waals surface area contributed by atoms with Gasteiger partial charge in [-0.2, -0.15) is 15.0 Å². The zero-order valence-electron chi connectivity index (χ0n) is 13.7. The number of nitrogens with one attached hydrogen (secondary N) is 1. The fourth-order valence-corrected chi connectivity index (χ4v) is 2.44. The largest absolute Gasteiger partial charge is 0.321 e. The average molecular weight is 345 g/mol. The van der Waals surface area contributed by atoms with Crippen molar-refractivity contribution < 1.29 is 4.79 Å². The monoisotopic (exact) mass is 345 g/mol. The van der Waals surface area contributed by atoms with E-state index in [1.165, 1.54) is 17.3 Å². The molecule has 2 aromatic carbocycles. The maximum atomic E-state index is 12.4. The molecule has 128 valence electrons. The topological polar surface area (TPSA) is 90.5 Å². The third kappa shape index (κ3) is 3.48. The molecular formula is C18H15N7O. The predicted molar refractivity (Wildman–Crippen MR) is 94.9 cm³/mol. The van der Waals surface area contributed by atoms with Gasteiger partial charge in [-0.05, 0) is 29.8 Å². The van der Waals surface area contributed by atoms with Gasteiger partial charge in [0.25, 0.3) is 5.91 Å². The molecule has 4 aromatic rings. The van der Waals surface area contributed by atoms with Gasteiger partial charge in [0.2, 0.25) is 0 Å². The van der Waals surface area contributed by atoms with Gasteiger partial charge in [0, 0.05) is 5.69 Å². The molecule has 8 heteroatoms. The molecule has 4 rings (SSSR count). The summed E-state index contributed by atoms with van der Waals surface area (Å²) in [6, 6.07) is 17.0. The molecule has 0 saturated carbocycles. The molecule has 0 bridgehead atoms. The minimum absolute atomic E-state index is 0.251. The van der Waals surface area contributed by atoms with Crippen LogP contribution in [-0.4, -0.2) is 35.7 Å². The number of hydrogen-bond acceptors (Lipinski definition) is 5. The second-order valence-corrected chi connectivity index (χ2v) is 5.60. The van der Waals surface area contributed by atoms with E-state index in [1.54, 1.807) is 11.0 Å². The van der Waals surface area contributed by atoms with Gasteiger partial charge in [-0.25, -0.2) is 9.67 Å². The molecule has 1 N–H and O–H groups in total. The van der Waals surface area contributed by atoms with Crippen LogP contribution in [0.3, 0.4) is 0 Å². The summed E-state index contributed by atoms with van der Waals surface area (Å²) in [6.45, 7) is 0.625. The van der Waals surface area contributed by atoms with Crippen molar-refractivity contribution in [2.24, 2.45) is 0 Å². The highest BCUT2D eigenvalue weighted by molar-refractivity contribution is 6.02. The van der Waals surface area contributed by atoms with Crippen molar-refractivity contribution in [3.8, 4) is 5.69 Å². The van der Waals surface area contributed by atoms with Crippen molar-refractivity contribution in [2.75, 3.05) is 5.32 Å². The van der Waals surface area contributed by atoms with Crippen LogP contribution in [0, 0.1) is 0 Å². The highest BCUT2D eigenvalue weighted by Crippen LogP contribution is 2.12. The van der Waals surface area contributed by atoms with E-state index in [-0.39, 0.29) is 11.6 Å². The van der Waals surface area contributed by atoms with Gasteiger partial charge in [0.15, 0.2) is 5.69 Å². The van der Waals surface area contributed by atoms with Crippen molar-refractivity contribution >= 4 is 11.6 Å². The average Bonchev–Trinajstić information content (AvgIpc) is 3.36. The Kier molecular flexibility index (Phi) is 4.21. The minimum atomic E-state index is -0.309. The molecule has 0 saturated heterocycles. The third-order valence-electron chi connectivity index (χ3n) is 3.73. The Morgan fingerprint density at radius 1 is 1.00 bits per heavy atom. The zero-order valence-corrected chi connectivity index (χ0v) is 13.7. The fraction of sp³-hybridized carbons (Fsp3) is 0.0556. The van der Waals surface area contributed by atoms with Crippen LogP contribution >= 0.6 is 0 Å². The van der Waals surface area contributed by atoms with Crippen LogP contribution in [0.5, 0.6) is 0 Å². The smallest absolute Gasteiger partial charge is 0.277 e. The lowest BCUT2D eigenvalue weighted by atomic mass is 10.2. The Balaban J connectivity index is 1.42. The first-order valence-electron chi connectivity index (χ1n) is 7.98. The van der Waals surface area contributed by atoms with Crippen LogP contribution in [0.2, 0.25) is 0 Å². The highest BCUT2D eigenvalue weighted by Gasteiger charge is 2.11. The number of carbonyl (C=O) groups excluding carboxylic acids is 1. The van der Waals surface area contributed by atoms with Crippen molar-refractivity contribution in [1.82, 2.24) is 29.8 Å². The summed E-state index contributed by atoms with van der Waals surface area (Å²) >= 11 is 0. The van der Waals surface area contributed by atoms with Gasteiger partial charge in [0.05, 0.1) is 18.4 Å². The van der Waals surface area contributed by atoms with E-state index < -0.39 is 0 Å². The molecule has 0 spiro atoms. The standard InChI is InChI=1S/C18H15N7O/c26-18(17-10-20-25(23-17)16-4-2-1-3-5-16)22-15-8-6-14(7-9-15)11-24-13-19-12-21-24/h1-10,12-13H,11H2,(H,22,26). The predicted octanol–water partition coefficient (Wildman–Crippen LogP) is 2.16. The molecule has 26 heavy (non-hydrogen) atoms. The maximum absolute atomic E-state index is 12.4. The molecule has 0 unspecified atom stereocenters. The van der Waals surface area contributed by atoms with Crippen LogP contribution in [0.15, 0.2) is 73.4 Å². The fourth-order valence-electron chi connectivity index (χ4n) is 2.44. The van der Waals surface area contributed by atoms with Crippen molar-refractivity contribution in [3.05, 3.63) is 84.7 Å². The summed E-state index contributed by atoms with van der Waals surface area (Å²) in [5.74, 6) is -0.309. The van der Waals surface area contributed by atoms with Gasteiger partial charge in [-0.1, -0.05) is 30.3 Å². The molecule has 0 atom stereocenters. The number of hydrogen-bond donors (Lipinski definition) is 1. The van der Waals surface area contributed by atoms with E-state index in [0.717, 1.165) is 11.3 Å². The summed E-state index contributed by atoms with van der Waals surface area (Å²) in [4.78, 5) is 17.7. The van der Waals surface area contributed by atoms with Crippen LogP contribution < -0.4 is 5.32 Å². The van der Waals surface area contributed by atoms with Gasteiger partial charge >= 0.3 is 0 Å². The van der Waals surface area contributed by atoms with Crippen LogP contribution in [-0.2, 0) is 6.54 Å². The van der Waals surface area contributed by atoms with Gasteiger partial charge in [0.1, 0.15) is 12.7 Å². The number of anilines is 1. The number of nitrogens with zero attached hydrogens (tertiary/aromatic N) is 6. The Hall–Kier alpha value is -3.81. The first kappa shape index (κ1) is 15.7. The van der Waals surface area contributed by atoms with Crippen LogP contribution in [0.4, 0.5) is 5.69 Å². The first-order chi connectivity index (χ1) is 12.8. The number of benzene rings is 2. The molecule has 8 nitrogen and oxygen atoms in total. The van der Waals surface area contributed by atoms with Crippen LogP contribution in [0.25, 0.3) is 5.69 Å². The van der Waals surface area contributed by atoms with Crippen LogP contribution in [0.1, 0.15) is 16.1 Å². The summed E-state index contributed by atoms with van der Waals surface area (Å²) in [7, 11) is 0. The zero-order chi connectivity index (χ0) is 17.8. The van der Waals surface area contributed by atoms with Gasteiger partial charge in [-0.15, -0.1) is 5.10 Å². The second-order valence-electron chi connectivity index (χ2n) is 5.60. The summed E-state index contributed by atoms with van der Waals surface area (Å²) in [6.07, 6.45) is 4.60. The number of rotatable bonds is 5. The SMILES string of the molecule is O=C(Nc1ccc(Cn2cncn2)cc1)c1cnn(-c2ccccc2)n1. The van der Waals surface area contributed by atoms with Gasteiger partial charge in [-0.3, -0.25) is 4.79 Å². The van der Waals surface area contributed by atoms with Crippen molar-refractivity contribution in [3.63, 3.8) is 0 Å². The van der Waals surface area contributed by atoms with E-state index in [4.69, 9.17) is 0 Å². The highest BCUT2D eigenvalue weighted by atomic mass is 16.2. The lowest BCUT2D eigenvalue weighted by Gasteiger charge is -2.05. The molecule has 2 heterocycles. The molecule has 1 amide bonds. The Bertz CT molecular complexity index is 992. The van der Waals surface area contributed by atoms with E-state index in [1.807, 2.05) is 54.6 Å². The number of aromatic nitrogens is 6. The molecule has 0 aliphatic rings. The first-order valence-corrected chi connectivity index (χ1v) is 7.98. The van der Waals surface area contributed by atoms with E-state index in [9.17, 15) is 4.79 Å². The normalized spacial score (nSPS) is 10.6. The van der Waals surface area contributed by atoms with E-state index in [0.29, 0.717) is 12.2 Å². The minimum Gasteiger partial charge on any atom is -0.321 e. The number of amides is 1. The second kappa shape index (κ2) is 6.98. The van der Waals surface area contributed by atoms with E-state index >= 15 is 0 Å². The summed E-state index contributed by atoms with van der Waals surface area (Å²) in [5.41, 5.74) is 2.79.